The maximum absolute atomic E-state index is 14.0. The Balaban J connectivity index is 1.49. The number of aryl methyl sites for hydroxylation is 1. The molecule has 0 atom stereocenters. The molecule has 1 spiro atoms. The lowest BCUT2D eigenvalue weighted by molar-refractivity contribution is -0.160. The van der Waals surface area contributed by atoms with Gasteiger partial charge < -0.3 is 25.0 Å². The monoisotopic (exact) mass is 561 g/mol. The molecule has 4 aromatic heterocycles. The van der Waals surface area contributed by atoms with Crippen molar-refractivity contribution in [2.75, 3.05) is 31.6 Å². The summed E-state index contributed by atoms with van der Waals surface area (Å²) in [6, 6.07) is 8.30. The molecule has 13 heteroatoms. The van der Waals surface area contributed by atoms with Gasteiger partial charge in [-0.05, 0) is 43.6 Å². The number of hydrogen-bond acceptors (Lipinski definition) is 8. The van der Waals surface area contributed by atoms with Crippen LogP contribution in [0.4, 0.5) is 5.69 Å². The molecule has 7 rings (SSSR count). The van der Waals surface area contributed by atoms with Crippen LogP contribution in [0.25, 0.3) is 44.3 Å². The summed E-state index contributed by atoms with van der Waals surface area (Å²) in [5.74, 6) is -2.62. The number of amides is 1. The second-order valence-corrected chi connectivity index (χ2v) is 11.2. The molecule has 3 N–H and O–H groups in total. The van der Waals surface area contributed by atoms with E-state index in [-0.39, 0.29) is 5.91 Å². The van der Waals surface area contributed by atoms with Gasteiger partial charge in [-0.1, -0.05) is 6.07 Å². The SMILES string of the molecule is [B]C(O)(O)n1cc(-c2[nH]c3ncc4c(c3c2-c2ccc3c(cnn3C)c2)C2(CCN(CCC#N)CC2)C(=O)N4C)cn1. The Hall–Kier alpha value is -4.51. The van der Waals surface area contributed by atoms with Crippen molar-refractivity contribution in [1.82, 2.24) is 34.4 Å². The molecule has 6 heterocycles. The molecule has 0 saturated carbocycles. The first-order chi connectivity index (χ1) is 20.1. The Kier molecular flexibility index (Phi) is 5.82. The van der Waals surface area contributed by atoms with Gasteiger partial charge in [0.25, 0.3) is 0 Å². The van der Waals surface area contributed by atoms with Crippen LogP contribution in [-0.2, 0) is 23.1 Å². The summed E-state index contributed by atoms with van der Waals surface area (Å²) >= 11 is 0. The van der Waals surface area contributed by atoms with Gasteiger partial charge in [-0.2, -0.15) is 15.5 Å². The van der Waals surface area contributed by atoms with Crippen molar-refractivity contribution in [2.24, 2.45) is 7.05 Å². The number of likely N-dealkylation sites (N-methyl/N-ethyl adjacent to an activating group) is 1. The average molecular weight is 561 g/mol. The highest BCUT2D eigenvalue weighted by atomic mass is 16.5. The topological polar surface area (TPSA) is 152 Å². The van der Waals surface area contributed by atoms with Crippen molar-refractivity contribution in [3.8, 4) is 28.5 Å². The van der Waals surface area contributed by atoms with Crippen LogP contribution in [0.5, 0.6) is 0 Å². The van der Waals surface area contributed by atoms with Crippen molar-refractivity contribution in [3.63, 3.8) is 0 Å². The second-order valence-electron chi connectivity index (χ2n) is 11.2. The highest BCUT2D eigenvalue weighted by Gasteiger charge is 2.52. The number of carbonyl (C=O) groups is 1. The molecule has 42 heavy (non-hydrogen) atoms. The van der Waals surface area contributed by atoms with E-state index in [9.17, 15) is 15.0 Å². The maximum Gasteiger partial charge on any atom is 0.237 e. The molecule has 2 aliphatic heterocycles. The minimum Gasteiger partial charge on any atom is -0.356 e. The van der Waals surface area contributed by atoms with Crippen molar-refractivity contribution in [3.05, 3.63) is 48.5 Å². The minimum absolute atomic E-state index is 0.0458. The van der Waals surface area contributed by atoms with Crippen LogP contribution in [-0.4, -0.2) is 85.1 Å². The molecule has 1 amide bonds. The van der Waals surface area contributed by atoms with Crippen LogP contribution in [0, 0.1) is 11.3 Å². The number of H-pyrrole nitrogens is 1. The van der Waals surface area contributed by atoms with E-state index in [4.69, 9.17) is 18.1 Å². The third kappa shape index (κ3) is 3.80. The number of piperidine rings is 1. The molecular weight excluding hydrogens is 533 g/mol. The molecule has 1 fully saturated rings. The normalized spacial score (nSPS) is 17.0. The van der Waals surface area contributed by atoms with E-state index in [1.54, 1.807) is 18.1 Å². The Labute approximate surface area is 242 Å². The van der Waals surface area contributed by atoms with E-state index in [0.29, 0.717) is 55.8 Å². The van der Waals surface area contributed by atoms with Crippen LogP contribution >= 0.6 is 0 Å². The fraction of sp³-hybridized carbons (Fsp3) is 0.345. The predicted molar refractivity (Wildman–Crippen MR) is 156 cm³/mol. The number of fused-ring (bicyclic) bond motifs is 5. The number of aromatic amines is 1. The maximum atomic E-state index is 14.0. The summed E-state index contributed by atoms with van der Waals surface area (Å²) in [4.78, 5) is 26.2. The van der Waals surface area contributed by atoms with Gasteiger partial charge >= 0.3 is 0 Å². The van der Waals surface area contributed by atoms with Crippen LogP contribution in [0.1, 0.15) is 24.8 Å². The zero-order valence-corrected chi connectivity index (χ0v) is 23.2. The number of rotatable bonds is 5. The highest BCUT2D eigenvalue weighted by molar-refractivity contribution is 6.16. The van der Waals surface area contributed by atoms with Crippen LogP contribution < -0.4 is 4.90 Å². The lowest BCUT2D eigenvalue weighted by atomic mass is 9.72. The standard InChI is InChI=1S/C29H28BN9O3/c1-36-21-15-32-26-23(24(21)28(27(36)40)6-10-38(11-7-28)9-3-8-31)22(17-4-5-20-18(12-17)13-33-37(20)2)25(35-26)19-14-34-39(16-19)29(30,41)42/h4-5,12-16,41-42H,3,6-7,9-11H2,1-2H3,(H,32,35). The van der Waals surface area contributed by atoms with Crippen molar-refractivity contribution in [1.29, 1.82) is 5.26 Å². The fourth-order valence-corrected chi connectivity index (χ4v) is 6.71. The van der Waals surface area contributed by atoms with Gasteiger partial charge in [0.05, 0.1) is 47.0 Å². The number of nitrogens with one attached hydrogen (secondary N) is 1. The highest BCUT2D eigenvalue weighted by Crippen LogP contribution is 2.53. The summed E-state index contributed by atoms with van der Waals surface area (Å²) in [7, 11) is 9.18. The van der Waals surface area contributed by atoms with Gasteiger partial charge in [-0.15, -0.1) is 0 Å². The van der Waals surface area contributed by atoms with E-state index in [2.05, 4.69) is 32.2 Å². The molecule has 12 nitrogen and oxygen atoms in total. The summed E-state index contributed by atoms with van der Waals surface area (Å²) in [6.07, 6.45) is 8.22. The van der Waals surface area contributed by atoms with Gasteiger partial charge in [0.15, 0.2) is 7.85 Å². The number of hydrogen-bond donors (Lipinski definition) is 3. The Bertz CT molecular complexity index is 1920. The first-order valence-corrected chi connectivity index (χ1v) is 13.8. The number of carbonyl (C=O) groups excluding carboxylic acids is 1. The molecule has 0 bridgehead atoms. The van der Waals surface area contributed by atoms with Gasteiger partial charge in [0.2, 0.25) is 11.7 Å². The van der Waals surface area contributed by atoms with Gasteiger partial charge in [0, 0.05) is 60.7 Å². The number of benzene rings is 1. The van der Waals surface area contributed by atoms with Crippen molar-refractivity contribution in [2.45, 2.75) is 30.5 Å². The Morgan fingerprint density at radius 1 is 1.14 bits per heavy atom. The predicted octanol–water partition coefficient (Wildman–Crippen LogP) is 1.92. The van der Waals surface area contributed by atoms with E-state index in [0.717, 1.165) is 43.3 Å². The van der Waals surface area contributed by atoms with Gasteiger partial charge in [-0.25, -0.2) is 9.67 Å². The average Bonchev–Trinajstić information content (AvgIpc) is 3.74. The molecule has 5 aromatic rings. The number of nitrogens with zero attached hydrogens (tertiary/aromatic N) is 8. The van der Waals surface area contributed by atoms with E-state index < -0.39 is 11.2 Å². The van der Waals surface area contributed by atoms with E-state index in [1.165, 1.54) is 12.4 Å². The molecule has 0 aliphatic carbocycles. The smallest absolute Gasteiger partial charge is 0.237 e. The van der Waals surface area contributed by atoms with Crippen molar-refractivity contribution < 1.29 is 15.0 Å². The molecular formula is C29H28BN9O3. The van der Waals surface area contributed by atoms with Crippen LogP contribution in [0.2, 0.25) is 0 Å². The van der Waals surface area contributed by atoms with Crippen LogP contribution in [0.3, 0.4) is 0 Å². The third-order valence-electron chi connectivity index (χ3n) is 8.85. The first kappa shape index (κ1) is 26.4. The fourth-order valence-electron chi connectivity index (χ4n) is 6.71. The lowest BCUT2D eigenvalue weighted by Gasteiger charge is -2.38. The molecule has 0 unspecified atom stereocenters. The second kappa shape index (κ2) is 9.25. The van der Waals surface area contributed by atoms with E-state index in [1.807, 2.05) is 30.1 Å². The molecule has 1 saturated heterocycles. The lowest BCUT2D eigenvalue weighted by Crippen LogP contribution is -2.48. The van der Waals surface area contributed by atoms with Gasteiger partial charge in [0.1, 0.15) is 5.65 Å². The molecule has 210 valence electrons. The quantitative estimate of drug-likeness (QED) is 0.218. The summed E-state index contributed by atoms with van der Waals surface area (Å²) in [5, 5.41) is 39.3. The number of anilines is 1. The number of nitriles is 1. The van der Waals surface area contributed by atoms with Gasteiger partial charge in [-0.3, -0.25) is 9.48 Å². The first-order valence-electron chi connectivity index (χ1n) is 13.8. The summed E-state index contributed by atoms with van der Waals surface area (Å²) in [6.45, 7) is 2.09. The summed E-state index contributed by atoms with van der Waals surface area (Å²) in [5.41, 5.74) is 5.49. The van der Waals surface area contributed by atoms with E-state index >= 15 is 0 Å². The largest absolute Gasteiger partial charge is 0.356 e. The summed E-state index contributed by atoms with van der Waals surface area (Å²) < 4.78 is 2.68. The minimum atomic E-state index is -2.67. The molecule has 1 aromatic carbocycles. The Morgan fingerprint density at radius 3 is 2.64 bits per heavy atom. The third-order valence-corrected chi connectivity index (χ3v) is 8.85. The molecule has 2 aliphatic rings. The van der Waals surface area contributed by atoms with Crippen LogP contribution in [0.15, 0.2) is 43.0 Å². The number of aromatic nitrogens is 6. The zero-order valence-electron chi connectivity index (χ0n) is 23.2. The number of aliphatic hydroxyl groups is 2. The van der Waals surface area contributed by atoms with Crippen molar-refractivity contribution >= 4 is 41.4 Å². The Morgan fingerprint density at radius 2 is 1.93 bits per heavy atom. The number of pyridine rings is 1. The number of likely N-dealkylation sites (tertiary alicyclic amines) is 1. The zero-order chi connectivity index (χ0) is 29.4. The molecule has 2 radical (unpaired) electrons.